The lowest BCUT2D eigenvalue weighted by Gasteiger charge is -2.12. The van der Waals surface area contributed by atoms with E-state index in [0.29, 0.717) is 16.0 Å². The van der Waals surface area contributed by atoms with Crippen molar-refractivity contribution in [2.24, 2.45) is 0 Å². The maximum absolute atomic E-state index is 13.9. The van der Waals surface area contributed by atoms with Gasteiger partial charge in [-0.25, -0.2) is 9.37 Å². The van der Waals surface area contributed by atoms with E-state index in [2.05, 4.69) is 20.9 Å². The maximum atomic E-state index is 13.9. The Morgan fingerprint density at radius 1 is 1.28 bits per heavy atom. The fourth-order valence-corrected chi connectivity index (χ4v) is 1.97. The first-order chi connectivity index (χ1) is 8.63. The lowest BCUT2D eigenvalue weighted by Crippen LogP contribution is -2.05. The minimum Gasteiger partial charge on any atom is -0.481 e. The van der Waals surface area contributed by atoms with E-state index in [9.17, 15) is 9.50 Å². The van der Waals surface area contributed by atoms with Crippen LogP contribution in [0.15, 0.2) is 40.9 Å². The van der Waals surface area contributed by atoms with Gasteiger partial charge in [-0.1, -0.05) is 18.2 Å². The lowest BCUT2D eigenvalue weighted by atomic mass is 10.1. The molecule has 0 aliphatic rings. The highest BCUT2D eigenvalue weighted by atomic mass is 79.9. The van der Waals surface area contributed by atoms with E-state index in [1.165, 1.54) is 13.2 Å². The Morgan fingerprint density at radius 2 is 2.00 bits per heavy atom. The van der Waals surface area contributed by atoms with Crippen molar-refractivity contribution in [3.8, 4) is 5.88 Å². The van der Waals surface area contributed by atoms with Crippen molar-refractivity contribution in [2.75, 3.05) is 7.11 Å². The van der Waals surface area contributed by atoms with E-state index >= 15 is 0 Å². The molecule has 0 aliphatic heterocycles. The summed E-state index contributed by atoms with van der Waals surface area (Å²) in [5.74, 6) is -0.114. The van der Waals surface area contributed by atoms with E-state index < -0.39 is 11.9 Å². The third-order valence-corrected chi connectivity index (χ3v) is 3.12. The fourth-order valence-electron chi connectivity index (χ4n) is 1.59. The first-order valence-corrected chi connectivity index (χ1v) is 6.05. The number of benzene rings is 1. The molecule has 0 fully saturated rings. The molecule has 1 aromatic carbocycles. The van der Waals surface area contributed by atoms with E-state index in [0.717, 1.165) is 0 Å². The van der Waals surface area contributed by atoms with Crippen LogP contribution in [-0.2, 0) is 0 Å². The Bertz CT molecular complexity index is 562. The molecule has 0 aliphatic carbocycles. The number of aliphatic hydroxyl groups excluding tert-OH is 1. The summed E-state index contributed by atoms with van der Waals surface area (Å²) in [6.45, 7) is 0. The number of aromatic nitrogens is 1. The molecular weight excluding hydrogens is 301 g/mol. The molecule has 1 aromatic heterocycles. The van der Waals surface area contributed by atoms with Gasteiger partial charge in [-0.05, 0) is 28.1 Å². The first-order valence-electron chi connectivity index (χ1n) is 5.26. The van der Waals surface area contributed by atoms with E-state index in [1.807, 2.05) is 0 Å². The molecule has 1 heterocycles. The Labute approximate surface area is 112 Å². The molecule has 1 unspecified atom stereocenters. The largest absolute Gasteiger partial charge is 0.481 e. The third-order valence-electron chi connectivity index (χ3n) is 2.51. The third kappa shape index (κ3) is 2.52. The highest BCUT2D eigenvalue weighted by Crippen LogP contribution is 2.27. The fraction of sp³-hybridized carbons (Fsp3) is 0.154. The van der Waals surface area contributed by atoms with Crippen molar-refractivity contribution in [3.63, 3.8) is 0 Å². The van der Waals surface area contributed by atoms with Crippen molar-refractivity contribution >= 4 is 15.9 Å². The number of hydrogen-bond donors (Lipinski definition) is 1. The monoisotopic (exact) mass is 311 g/mol. The van der Waals surface area contributed by atoms with Crippen LogP contribution in [0.25, 0.3) is 0 Å². The molecule has 0 saturated carbocycles. The second-order valence-corrected chi connectivity index (χ2v) is 4.50. The second-order valence-electron chi connectivity index (χ2n) is 3.65. The van der Waals surface area contributed by atoms with Crippen LogP contribution in [0.4, 0.5) is 4.39 Å². The quantitative estimate of drug-likeness (QED) is 0.947. The highest BCUT2D eigenvalue weighted by molar-refractivity contribution is 9.10. The summed E-state index contributed by atoms with van der Waals surface area (Å²) in [5, 5.41) is 10.1. The Kier molecular flexibility index (Phi) is 3.93. The normalized spacial score (nSPS) is 12.2. The number of nitrogens with zero attached hydrogens (tertiary/aromatic N) is 1. The first kappa shape index (κ1) is 13.0. The van der Waals surface area contributed by atoms with Gasteiger partial charge in [0.05, 0.1) is 17.3 Å². The molecule has 0 radical (unpaired) electrons. The molecule has 1 atom stereocenters. The summed E-state index contributed by atoms with van der Waals surface area (Å²) in [5.41, 5.74) is 0.511. The van der Waals surface area contributed by atoms with Gasteiger partial charge in [-0.2, -0.15) is 0 Å². The van der Waals surface area contributed by atoms with E-state index in [1.54, 1.807) is 30.3 Å². The number of hydrogen-bond acceptors (Lipinski definition) is 3. The van der Waals surface area contributed by atoms with Gasteiger partial charge in [-0.3, -0.25) is 0 Å². The minimum absolute atomic E-state index is 0.171. The number of pyridine rings is 1. The van der Waals surface area contributed by atoms with Crippen LogP contribution in [0, 0.1) is 5.82 Å². The average Bonchev–Trinajstić information content (AvgIpc) is 2.41. The van der Waals surface area contributed by atoms with Crippen molar-refractivity contribution in [3.05, 3.63) is 57.9 Å². The molecule has 94 valence electrons. The summed E-state index contributed by atoms with van der Waals surface area (Å²) in [6.07, 6.45) is -1.13. The highest BCUT2D eigenvalue weighted by Gasteiger charge is 2.18. The Morgan fingerprint density at radius 3 is 2.72 bits per heavy atom. The van der Waals surface area contributed by atoms with E-state index in [4.69, 9.17) is 4.74 Å². The molecule has 0 spiro atoms. The zero-order chi connectivity index (χ0) is 13.1. The van der Waals surface area contributed by atoms with Gasteiger partial charge >= 0.3 is 0 Å². The molecule has 0 saturated heterocycles. The predicted molar refractivity (Wildman–Crippen MR) is 69.0 cm³/mol. The minimum atomic E-state index is -1.13. The van der Waals surface area contributed by atoms with Gasteiger partial charge in [-0.15, -0.1) is 0 Å². The summed E-state index contributed by atoms with van der Waals surface area (Å²) < 4.78 is 19.1. The summed E-state index contributed by atoms with van der Waals surface area (Å²) in [6, 6.07) is 9.73. The summed E-state index contributed by atoms with van der Waals surface area (Å²) in [4.78, 5) is 4.08. The zero-order valence-corrected chi connectivity index (χ0v) is 11.2. The van der Waals surface area contributed by atoms with Crippen LogP contribution in [0.1, 0.15) is 17.4 Å². The van der Waals surface area contributed by atoms with Gasteiger partial charge in [0.25, 0.3) is 0 Å². The van der Waals surface area contributed by atoms with E-state index in [-0.39, 0.29) is 5.56 Å². The predicted octanol–water partition coefficient (Wildman–Crippen LogP) is 3.07. The summed E-state index contributed by atoms with van der Waals surface area (Å²) >= 11 is 3.08. The average molecular weight is 312 g/mol. The number of methoxy groups -OCH3 is 1. The van der Waals surface area contributed by atoms with Crippen molar-refractivity contribution in [1.29, 1.82) is 0 Å². The van der Waals surface area contributed by atoms with Crippen LogP contribution in [-0.4, -0.2) is 17.2 Å². The van der Waals surface area contributed by atoms with Gasteiger partial charge in [0.15, 0.2) is 0 Å². The molecule has 0 bridgehead atoms. The Balaban J connectivity index is 2.41. The standard InChI is InChI=1S/C13H11BrFNO2/c1-18-11-7-3-6-10(16-11)13(17)8-4-2-5-9(14)12(8)15/h2-7,13,17H,1H3. The molecule has 0 amide bonds. The molecular formula is C13H11BrFNO2. The van der Waals surface area contributed by atoms with Crippen LogP contribution in [0.3, 0.4) is 0 Å². The molecule has 2 rings (SSSR count). The molecule has 3 nitrogen and oxygen atoms in total. The molecule has 2 aromatic rings. The molecule has 18 heavy (non-hydrogen) atoms. The smallest absolute Gasteiger partial charge is 0.213 e. The SMILES string of the molecule is COc1cccc(C(O)c2cccc(Br)c2F)n1. The van der Waals surface area contributed by atoms with Crippen LogP contribution in [0.5, 0.6) is 5.88 Å². The summed E-state index contributed by atoms with van der Waals surface area (Å²) in [7, 11) is 1.48. The lowest BCUT2D eigenvalue weighted by molar-refractivity contribution is 0.208. The topological polar surface area (TPSA) is 42.4 Å². The van der Waals surface area contributed by atoms with Gasteiger partial charge in [0.2, 0.25) is 5.88 Å². The van der Waals surface area contributed by atoms with Crippen LogP contribution < -0.4 is 4.74 Å². The number of ether oxygens (including phenoxy) is 1. The van der Waals surface area contributed by atoms with Crippen molar-refractivity contribution in [1.82, 2.24) is 4.98 Å². The second kappa shape index (κ2) is 5.46. The number of aliphatic hydroxyl groups is 1. The van der Waals surface area contributed by atoms with Crippen molar-refractivity contribution < 1.29 is 14.2 Å². The number of rotatable bonds is 3. The zero-order valence-electron chi connectivity index (χ0n) is 9.60. The van der Waals surface area contributed by atoms with Gasteiger partial charge in [0.1, 0.15) is 11.9 Å². The van der Waals surface area contributed by atoms with Gasteiger partial charge < -0.3 is 9.84 Å². The Hall–Kier alpha value is -1.46. The maximum Gasteiger partial charge on any atom is 0.213 e. The van der Waals surface area contributed by atoms with Gasteiger partial charge in [0, 0.05) is 11.6 Å². The van der Waals surface area contributed by atoms with Crippen molar-refractivity contribution in [2.45, 2.75) is 6.10 Å². The number of halogens is 2. The molecule has 5 heteroatoms. The van der Waals surface area contributed by atoms with Crippen LogP contribution >= 0.6 is 15.9 Å². The molecule has 1 N–H and O–H groups in total. The van der Waals surface area contributed by atoms with Crippen LogP contribution in [0.2, 0.25) is 0 Å².